The molecule has 1 fully saturated rings. The van der Waals surface area contributed by atoms with E-state index in [1.165, 1.54) is 12.1 Å². The number of rotatable bonds is 6. The third kappa shape index (κ3) is 3.33. The molecule has 1 saturated carbocycles. The summed E-state index contributed by atoms with van der Waals surface area (Å²) in [5, 5.41) is 20.9. The van der Waals surface area contributed by atoms with E-state index >= 15 is 0 Å². The first-order valence-corrected chi connectivity index (χ1v) is 7.11. The van der Waals surface area contributed by atoms with E-state index in [0.717, 1.165) is 24.6 Å². The number of carboxylic acid groups (broad SMARTS) is 1. The summed E-state index contributed by atoms with van der Waals surface area (Å²) >= 11 is 1.10. The summed E-state index contributed by atoms with van der Waals surface area (Å²) in [6, 6.07) is 4.99. The molecule has 1 aliphatic carbocycles. The lowest BCUT2D eigenvalue weighted by Gasteiger charge is -2.22. The third-order valence-corrected chi connectivity index (χ3v) is 4.07. The van der Waals surface area contributed by atoms with Gasteiger partial charge in [0.15, 0.2) is 5.09 Å². The maximum atomic E-state index is 11.8. The van der Waals surface area contributed by atoms with Crippen molar-refractivity contribution in [1.29, 1.82) is 5.26 Å². The van der Waals surface area contributed by atoms with Crippen molar-refractivity contribution in [3.8, 4) is 6.07 Å². The normalized spacial score (nSPS) is 17.0. The molecular formula is C13H14N2O4S. The van der Waals surface area contributed by atoms with Gasteiger partial charge in [0.25, 0.3) is 0 Å². The molecule has 7 heteroatoms. The average Bonchev–Trinajstić information content (AvgIpc) is 3.15. The highest BCUT2D eigenvalue weighted by atomic mass is 32.2. The predicted molar refractivity (Wildman–Crippen MR) is 71.3 cm³/mol. The molecule has 0 aliphatic heterocycles. The summed E-state index contributed by atoms with van der Waals surface area (Å²) in [4.78, 5) is 22.5. The first-order chi connectivity index (χ1) is 9.44. The Kier molecular flexibility index (Phi) is 4.04. The van der Waals surface area contributed by atoms with Gasteiger partial charge in [-0.05, 0) is 37.8 Å². The fourth-order valence-corrected chi connectivity index (χ4v) is 2.52. The standard InChI is InChI=1S/C13H14N2O4S/c1-13(7-14,8-2-3-8)15-10(16)6-20-11-5-4-9(19-11)12(17)18/h4-5,8H,2-3,6H2,1H3,(H,15,16)(H,17,18). The van der Waals surface area contributed by atoms with Gasteiger partial charge in [0, 0.05) is 0 Å². The van der Waals surface area contributed by atoms with E-state index in [1.54, 1.807) is 6.92 Å². The maximum absolute atomic E-state index is 11.8. The molecule has 2 N–H and O–H groups in total. The van der Waals surface area contributed by atoms with Crippen molar-refractivity contribution in [2.75, 3.05) is 5.75 Å². The molecular weight excluding hydrogens is 280 g/mol. The van der Waals surface area contributed by atoms with Crippen LogP contribution in [-0.4, -0.2) is 28.3 Å². The van der Waals surface area contributed by atoms with Crippen LogP contribution in [0.5, 0.6) is 0 Å². The maximum Gasteiger partial charge on any atom is 0.371 e. The molecule has 6 nitrogen and oxygen atoms in total. The molecule has 1 heterocycles. The van der Waals surface area contributed by atoms with Crippen molar-refractivity contribution in [2.45, 2.75) is 30.4 Å². The quantitative estimate of drug-likeness (QED) is 0.776. The number of carbonyl (C=O) groups excluding carboxylic acids is 1. The molecule has 0 bridgehead atoms. The molecule has 1 aromatic heterocycles. The van der Waals surface area contributed by atoms with Crippen LogP contribution in [-0.2, 0) is 4.79 Å². The molecule has 0 saturated heterocycles. The fourth-order valence-electron chi connectivity index (χ4n) is 1.86. The van der Waals surface area contributed by atoms with Crippen LogP contribution in [0.15, 0.2) is 21.6 Å². The molecule has 1 atom stereocenters. The number of carbonyl (C=O) groups is 2. The van der Waals surface area contributed by atoms with E-state index in [1.807, 2.05) is 0 Å². The second-order valence-corrected chi connectivity index (χ2v) is 5.83. The van der Waals surface area contributed by atoms with Gasteiger partial charge in [-0.25, -0.2) is 4.79 Å². The zero-order chi connectivity index (χ0) is 14.8. The molecule has 106 valence electrons. The minimum Gasteiger partial charge on any atom is -0.475 e. The summed E-state index contributed by atoms with van der Waals surface area (Å²) in [7, 11) is 0. The Balaban J connectivity index is 1.85. The zero-order valence-electron chi connectivity index (χ0n) is 10.9. The van der Waals surface area contributed by atoms with Crippen molar-refractivity contribution in [3.63, 3.8) is 0 Å². The number of nitrogens with zero attached hydrogens (tertiary/aromatic N) is 1. The predicted octanol–water partition coefficient (Wildman–Crippen LogP) is 1.88. The number of hydrogen-bond donors (Lipinski definition) is 2. The lowest BCUT2D eigenvalue weighted by Crippen LogP contribution is -2.47. The van der Waals surface area contributed by atoms with Crippen molar-refractivity contribution >= 4 is 23.6 Å². The van der Waals surface area contributed by atoms with E-state index < -0.39 is 11.5 Å². The summed E-state index contributed by atoms with van der Waals surface area (Å²) < 4.78 is 5.03. The fraction of sp³-hybridized carbons (Fsp3) is 0.462. The van der Waals surface area contributed by atoms with Crippen LogP contribution in [0.25, 0.3) is 0 Å². The number of carboxylic acids is 1. The number of hydrogen-bond acceptors (Lipinski definition) is 5. The molecule has 1 aliphatic rings. The van der Waals surface area contributed by atoms with E-state index in [-0.39, 0.29) is 23.3 Å². The number of amides is 1. The van der Waals surface area contributed by atoms with Gasteiger partial charge in [0.2, 0.25) is 11.7 Å². The van der Waals surface area contributed by atoms with Gasteiger partial charge >= 0.3 is 5.97 Å². The molecule has 0 aromatic carbocycles. The van der Waals surface area contributed by atoms with Gasteiger partial charge in [-0.1, -0.05) is 11.8 Å². The Labute approximate surface area is 120 Å². The van der Waals surface area contributed by atoms with Crippen LogP contribution in [0.3, 0.4) is 0 Å². The number of nitrogens with one attached hydrogen (secondary N) is 1. The highest BCUT2D eigenvalue weighted by Gasteiger charge is 2.42. The Morgan fingerprint density at radius 2 is 2.30 bits per heavy atom. The summed E-state index contributed by atoms with van der Waals surface area (Å²) in [6.07, 6.45) is 1.91. The molecule has 1 amide bonds. The number of aromatic carboxylic acids is 1. The average molecular weight is 294 g/mol. The van der Waals surface area contributed by atoms with Gasteiger partial charge < -0.3 is 14.8 Å². The van der Waals surface area contributed by atoms with Crippen LogP contribution >= 0.6 is 11.8 Å². The minimum atomic E-state index is -1.15. The number of furan rings is 1. The number of nitriles is 1. The molecule has 1 unspecified atom stereocenters. The Morgan fingerprint density at radius 1 is 1.60 bits per heavy atom. The van der Waals surface area contributed by atoms with E-state index in [4.69, 9.17) is 14.8 Å². The second kappa shape index (κ2) is 5.59. The van der Waals surface area contributed by atoms with E-state index in [9.17, 15) is 9.59 Å². The van der Waals surface area contributed by atoms with Crippen LogP contribution in [0.1, 0.15) is 30.3 Å². The highest BCUT2D eigenvalue weighted by Crippen LogP contribution is 2.39. The largest absolute Gasteiger partial charge is 0.475 e. The van der Waals surface area contributed by atoms with Crippen molar-refractivity contribution < 1.29 is 19.1 Å². The molecule has 0 radical (unpaired) electrons. The van der Waals surface area contributed by atoms with Crippen molar-refractivity contribution in [3.05, 3.63) is 17.9 Å². The first kappa shape index (κ1) is 14.5. The van der Waals surface area contributed by atoms with Crippen LogP contribution in [0, 0.1) is 17.2 Å². The van der Waals surface area contributed by atoms with Gasteiger partial charge in [-0.2, -0.15) is 5.26 Å². The van der Waals surface area contributed by atoms with E-state index in [0.29, 0.717) is 5.09 Å². The van der Waals surface area contributed by atoms with Crippen molar-refractivity contribution in [1.82, 2.24) is 5.32 Å². The summed E-state index contributed by atoms with van der Waals surface area (Å²) in [5.74, 6) is -1.26. The van der Waals surface area contributed by atoms with Crippen molar-refractivity contribution in [2.24, 2.45) is 5.92 Å². The summed E-state index contributed by atoms with van der Waals surface area (Å²) in [5.41, 5.74) is -0.812. The van der Waals surface area contributed by atoms with Gasteiger partial charge in [0.05, 0.1) is 11.8 Å². The van der Waals surface area contributed by atoms with Crippen LogP contribution in [0.2, 0.25) is 0 Å². The van der Waals surface area contributed by atoms with Crippen LogP contribution in [0.4, 0.5) is 0 Å². The SMILES string of the molecule is CC(C#N)(NC(=O)CSc1ccc(C(=O)O)o1)C1CC1. The lowest BCUT2D eigenvalue weighted by molar-refractivity contribution is -0.119. The second-order valence-electron chi connectivity index (χ2n) is 4.85. The van der Waals surface area contributed by atoms with Gasteiger partial charge in [0.1, 0.15) is 5.54 Å². The van der Waals surface area contributed by atoms with Crippen LogP contribution < -0.4 is 5.32 Å². The molecule has 1 aromatic rings. The van der Waals surface area contributed by atoms with Gasteiger partial charge in [-0.15, -0.1) is 0 Å². The molecule has 2 rings (SSSR count). The Morgan fingerprint density at radius 3 is 2.80 bits per heavy atom. The minimum absolute atomic E-state index is 0.0799. The zero-order valence-corrected chi connectivity index (χ0v) is 11.7. The molecule has 0 spiro atoms. The lowest BCUT2D eigenvalue weighted by atomic mass is 9.98. The van der Waals surface area contributed by atoms with E-state index in [2.05, 4.69) is 11.4 Å². The monoisotopic (exact) mass is 294 g/mol. The number of thioether (sulfide) groups is 1. The summed E-state index contributed by atoms with van der Waals surface area (Å²) in [6.45, 7) is 1.72. The first-order valence-electron chi connectivity index (χ1n) is 6.13. The highest BCUT2D eigenvalue weighted by molar-refractivity contribution is 7.99. The third-order valence-electron chi connectivity index (χ3n) is 3.16. The Bertz CT molecular complexity index is 573. The Hall–Kier alpha value is -1.94. The van der Waals surface area contributed by atoms with Gasteiger partial charge in [-0.3, -0.25) is 4.79 Å². The smallest absolute Gasteiger partial charge is 0.371 e. The topological polar surface area (TPSA) is 103 Å². The molecule has 20 heavy (non-hydrogen) atoms.